The molecular weight excluding hydrogens is 219 g/mol. The van der Waals surface area contributed by atoms with E-state index in [1.807, 2.05) is 18.2 Å². The lowest BCUT2D eigenvalue weighted by atomic mass is 10.1. The van der Waals surface area contributed by atoms with Crippen molar-refractivity contribution in [1.29, 1.82) is 0 Å². The number of hydrogen-bond acceptors (Lipinski definition) is 2. The van der Waals surface area contributed by atoms with E-state index in [4.69, 9.17) is 23.2 Å². The van der Waals surface area contributed by atoms with Gasteiger partial charge >= 0.3 is 0 Å². The van der Waals surface area contributed by atoms with E-state index in [2.05, 4.69) is 16.5 Å². The van der Waals surface area contributed by atoms with Crippen LogP contribution in [0.4, 0.5) is 0 Å². The van der Waals surface area contributed by atoms with Crippen molar-refractivity contribution in [3.05, 3.63) is 40.8 Å². The van der Waals surface area contributed by atoms with Crippen LogP contribution in [-0.4, -0.2) is 9.97 Å². The number of nitrogens with zero attached hydrogens (tertiary/aromatic N) is 2. The molecule has 0 aliphatic heterocycles. The molecule has 4 heteroatoms. The van der Waals surface area contributed by atoms with Crippen LogP contribution in [0.25, 0.3) is 17.0 Å². The van der Waals surface area contributed by atoms with Crippen LogP contribution in [0.3, 0.4) is 0 Å². The maximum atomic E-state index is 5.90. The van der Waals surface area contributed by atoms with E-state index < -0.39 is 0 Å². The molecule has 1 aromatic carbocycles. The van der Waals surface area contributed by atoms with Crippen molar-refractivity contribution in [2.75, 3.05) is 0 Å². The van der Waals surface area contributed by atoms with Crippen molar-refractivity contribution < 1.29 is 0 Å². The van der Waals surface area contributed by atoms with Crippen LogP contribution in [-0.2, 0) is 0 Å². The highest BCUT2D eigenvalue weighted by atomic mass is 35.5. The third-order valence-electron chi connectivity index (χ3n) is 1.88. The van der Waals surface area contributed by atoms with Crippen molar-refractivity contribution in [2.24, 2.45) is 0 Å². The van der Waals surface area contributed by atoms with Crippen LogP contribution in [0.15, 0.2) is 24.8 Å². The molecule has 0 amide bonds. The zero-order valence-corrected chi connectivity index (χ0v) is 8.68. The summed E-state index contributed by atoms with van der Waals surface area (Å²) in [7, 11) is 0. The molecule has 0 spiro atoms. The zero-order valence-electron chi connectivity index (χ0n) is 7.17. The molecule has 0 atom stereocenters. The first-order chi connectivity index (χ1) is 6.70. The molecule has 1 heterocycles. The van der Waals surface area contributed by atoms with Crippen molar-refractivity contribution in [1.82, 2.24) is 9.97 Å². The minimum Gasteiger partial charge on any atom is -0.218 e. The number of fused-ring (bicyclic) bond motifs is 1. The lowest BCUT2D eigenvalue weighted by Gasteiger charge is -2.00. The minimum absolute atomic E-state index is 0.156. The Morgan fingerprint density at radius 3 is 2.71 bits per heavy atom. The Morgan fingerprint density at radius 1 is 1.21 bits per heavy atom. The Morgan fingerprint density at radius 2 is 2.00 bits per heavy atom. The van der Waals surface area contributed by atoms with Gasteiger partial charge in [-0.2, -0.15) is 0 Å². The highest BCUT2D eigenvalue weighted by Crippen LogP contribution is 2.23. The number of hydrogen-bond donors (Lipinski definition) is 0. The number of rotatable bonds is 1. The first kappa shape index (κ1) is 9.44. The second-order valence-corrected chi connectivity index (χ2v) is 3.46. The standard InChI is InChI=1S/C10H6Cl2N2/c1-2-6-3-4-7-8(5-6)13-10(12)14-9(7)11/h2-5H,1H2. The summed E-state index contributed by atoms with van der Waals surface area (Å²) < 4.78 is 0. The van der Waals surface area contributed by atoms with Gasteiger partial charge in [0, 0.05) is 5.39 Å². The Labute approximate surface area is 91.2 Å². The molecule has 0 bridgehead atoms. The van der Waals surface area contributed by atoms with E-state index in [1.54, 1.807) is 6.08 Å². The molecule has 0 saturated carbocycles. The molecule has 1 aromatic heterocycles. The lowest BCUT2D eigenvalue weighted by Crippen LogP contribution is -1.87. The molecule has 14 heavy (non-hydrogen) atoms. The van der Waals surface area contributed by atoms with Crippen LogP contribution in [0.2, 0.25) is 10.4 Å². The van der Waals surface area contributed by atoms with Gasteiger partial charge in [0.25, 0.3) is 0 Å². The topological polar surface area (TPSA) is 25.8 Å². The average Bonchev–Trinajstić information content (AvgIpc) is 2.16. The van der Waals surface area contributed by atoms with Crippen LogP contribution < -0.4 is 0 Å². The first-order valence-corrected chi connectivity index (χ1v) is 4.71. The summed E-state index contributed by atoms with van der Waals surface area (Å²) in [4.78, 5) is 7.92. The first-order valence-electron chi connectivity index (χ1n) is 3.96. The molecule has 0 unspecified atom stereocenters. The molecule has 2 rings (SSSR count). The largest absolute Gasteiger partial charge is 0.224 e. The van der Waals surface area contributed by atoms with Gasteiger partial charge in [-0.25, -0.2) is 9.97 Å². The van der Waals surface area contributed by atoms with E-state index in [0.717, 1.165) is 16.5 Å². The van der Waals surface area contributed by atoms with Crippen molar-refractivity contribution in [3.63, 3.8) is 0 Å². The van der Waals surface area contributed by atoms with E-state index >= 15 is 0 Å². The second kappa shape index (κ2) is 3.56. The van der Waals surface area contributed by atoms with Gasteiger partial charge in [-0.05, 0) is 29.3 Å². The smallest absolute Gasteiger partial charge is 0.218 e. The summed E-state index contributed by atoms with van der Waals surface area (Å²) in [5.41, 5.74) is 1.70. The summed E-state index contributed by atoms with van der Waals surface area (Å²) in [5.74, 6) is 0. The van der Waals surface area contributed by atoms with Gasteiger partial charge in [-0.15, -0.1) is 0 Å². The average molecular weight is 225 g/mol. The van der Waals surface area contributed by atoms with Gasteiger partial charge in [0.2, 0.25) is 5.28 Å². The Hall–Kier alpha value is -1.12. The highest BCUT2D eigenvalue weighted by molar-refractivity contribution is 6.35. The van der Waals surface area contributed by atoms with Crippen molar-refractivity contribution in [2.45, 2.75) is 0 Å². The molecular formula is C10H6Cl2N2. The Balaban J connectivity index is 2.81. The van der Waals surface area contributed by atoms with E-state index in [0.29, 0.717) is 5.15 Å². The SMILES string of the molecule is C=Cc1ccc2c(Cl)nc(Cl)nc2c1. The third kappa shape index (κ3) is 1.59. The van der Waals surface area contributed by atoms with Gasteiger partial charge in [0.05, 0.1) is 5.52 Å². The summed E-state index contributed by atoms with van der Waals surface area (Å²) in [6, 6.07) is 5.62. The second-order valence-electron chi connectivity index (χ2n) is 2.76. The minimum atomic E-state index is 0.156. The fourth-order valence-electron chi connectivity index (χ4n) is 1.21. The summed E-state index contributed by atoms with van der Waals surface area (Å²) in [6.07, 6.45) is 1.74. The van der Waals surface area contributed by atoms with Crippen LogP contribution in [0.1, 0.15) is 5.56 Å². The predicted octanol–water partition coefficient (Wildman–Crippen LogP) is 3.58. The highest BCUT2D eigenvalue weighted by Gasteiger charge is 2.03. The van der Waals surface area contributed by atoms with Gasteiger partial charge in [0.1, 0.15) is 5.15 Å². The maximum absolute atomic E-state index is 5.90. The van der Waals surface area contributed by atoms with Crippen molar-refractivity contribution in [3.8, 4) is 0 Å². The van der Waals surface area contributed by atoms with Gasteiger partial charge in [-0.3, -0.25) is 0 Å². The molecule has 0 aliphatic carbocycles. The number of benzene rings is 1. The summed E-state index contributed by atoms with van der Waals surface area (Å²) >= 11 is 11.6. The number of aromatic nitrogens is 2. The monoisotopic (exact) mass is 224 g/mol. The van der Waals surface area contributed by atoms with Gasteiger partial charge in [-0.1, -0.05) is 30.3 Å². The normalized spacial score (nSPS) is 10.4. The zero-order chi connectivity index (χ0) is 10.1. The van der Waals surface area contributed by atoms with Crippen LogP contribution in [0, 0.1) is 0 Å². The van der Waals surface area contributed by atoms with E-state index in [1.165, 1.54) is 0 Å². The molecule has 70 valence electrons. The van der Waals surface area contributed by atoms with Crippen LogP contribution >= 0.6 is 23.2 Å². The molecule has 0 aliphatic rings. The Bertz CT molecular complexity index is 509. The molecule has 2 nitrogen and oxygen atoms in total. The van der Waals surface area contributed by atoms with Crippen molar-refractivity contribution >= 4 is 40.2 Å². The lowest BCUT2D eigenvalue weighted by molar-refractivity contribution is 1.22. The molecule has 2 aromatic rings. The summed E-state index contributed by atoms with van der Waals surface area (Å²) in [5, 5.41) is 1.32. The fraction of sp³-hybridized carbons (Fsp3) is 0. The maximum Gasteiger partial charge on any atom is 0.224 e. The van der Waals surface area contributed by atoms with Gasteiger partial charge < -0.3 is 0 Å². The third-order valence-corrected chi connectivity index (χ3v) is 2.34. The van der Waals surface area contributed by atoms with Crippen LogP contribution in [0.5, 0.6) is 0 Å². The fourth-order valence-corrected chi connectivity index (χ4v) is 1.67. The molecule has 0 fully saturated rings. The Kier molecular flexibility index (Phi) is 2.40. The van der Waals surface area contributed by atoms with E-state index in [9.17, 15) is 0 Å². The number of halogens is 2. The predicted molar refractivity (Wildman–Crippen MR) is 59.6 cm³/mol. The molecule has 0 radical (unpaired) electrons. The summed E-state index contributed by atoms with van der Waals surface area (Å²) in [6.45, 7) is 3.67. The van der Waals surface area contributed by atoms with E-state index in [-0.39, 0.29) is 5.28 Å². The van der Waals surface area contributed by atoms with Gasteiger partial charge in [0.15, 0.2) is 0 Å². The molecule has 0 N–H and O–H groups in total. The molecule has 0 saturated heterocycles. The quantitative estimate of drug-likeness (QED) is 0.547.